The van der Waals surface area contributed by atoms with E-state index in [1.807, 2.05) is 62.4 Å². The van der Waals surface area contributed by atoms with Crippen molar-refractivity contribution in [2.75, 3.05) is 13.2 Å². The molecule has 6 nitrogen and oxygen atoms in total. The lowest BCUT2D eigenvalue weighted by molar-refractivity contribution is -0.131. The van der Waals surface area contributed by atoms with E-state index >= 15 is 0 Å². The van der Waals surface area contributed by atoms with Crippen molar-refractivity contribution >= 4 is 22.6 Å². The molecule has 2 amide bonds. The highest BCUT2D eigenvalue weighted by Gasteiger charge is 2.07. The number of hydrogen-bond acceptors (Lipinski definition) is 4. The number of rotatable bonds is 6. The molecule has 0 bridgehead atoms. The molecule has 0 aliphatic rings. The highest BCUT2D eigenvalue weighted by atomic mass is 16.5. The highest BCUT2D eigenvalue weighted by Crippen LogP contribution is 2.20. The second kappa shape index (κ2) is 8.90. The summed E-state index contributed by atoms with van der Waals surface area (Å²) in [7, 11) is 0. The number of ether oxygens (including phenoxy) is 2. The Bertz CT molecular complexity index is 1000. The zero-order valence-electron chi connectivity index (χ0n) is 15.8. The number of fused-ring (bicyclic) bond motifs is 1. The first-order chi connectivity index (χ1) is 13.5. The number of hydrazine groups is 1. The Morgan fingerprint density at radius 1 is 0.714 bits per heavy atom. The third kappa shape index (κ3) is 5.23. The van der Waals surface area contributed by atoms with Crippen molar-refractivity contribution in [3.63, 3.8) is 0 Å². The number of benzene rings is 3. The maximum atomic E-state index is 11.8. The minimum atomic E-state index is -0.465. The van der Waals surface area contributed by atoms with Crippen LogP contribution in [-0.2, 0) is 9.59 Å². The molecule has 0 unspecified atom stereocenters. The molecule has 2 N–H and O–H groups in total. The Labute approximate surface area is 163 Å². The molecule has 0 atom stereocenters. The van der Waals surface area contributed by atoms with Gasteiger partial charge in [0.25, 0.3) is 11.8 Å². The van der Waals surface area contributed by atoms with Crippen LogP contribution in [0.1, 0.15) is 11.1 Å². The van der Waals surface area contributed by atoms with E-state index in [9.17, 15) is 9.59 Å². The first-order valence-electron chi connectivity index (χ1n) is 8.90. The molecule has 3 aromatic rings. The second-order valence-corrected chi connectivity index (χ2v) is 6.43. The Morgan fingerprint density at radius 2 is 1.29 bits per heavy atom. The van der Waals surface area contributed by atoms with Crippen molar-refractivity contribution in [3.05, 3.63) is 71.8 Å². The van der Waals surface area contributed by atoms with Gasteiger partial charge in [-0.25, -0.2) is 0 Å². The van der Waals surface area contributed by atoms with Gasteiger partial charge in [-0.1, -0.05) is 36.4 Å². The number of aryl methyl sites for hydroxylation is 2. The molecule has 6 heteroatoms. The third-order valence-corrected chi connectivity index (χ3v) is 4.28. The molecule has 0 aliphatic carbocycles. The van der Waals surface area contributed by atoms with E-state index in [-0.39, 0.29) is 13.2 Å². The van der Waals surface area contributed by atoms with E-state index in [1.54, 1.807) is 12.1 Å². The topological polar surface area (TPSA) is 76.7 Å². The fourth-order valence-electron chi connectivity index (χ4n) is 2.57. The van der Waals surface area contributed by atoms with Gasteiger partial charge in [-0.2, -0.15) is 0 Å². The molecule has 3 rings (SSSR count). The largest absolute Gasteiger partial charge is 0.484 e. The average molecular weight is 378 g/mol. The lowest BCUT2D eigenvalue weighted by atomic mass is 10.1. The third-order valence-electron chi connectivity index (χ3n) is 4.28. The van der Waals surface area contributed by atoms with Gasteiger partial charge in [-0.3, -0.25) is 20.4 Å². The molecule has 0 radical (unpaired) electrons. The van der Waals surface area contributed by atoms with Crippen LogP contribution in [0, 0.1) is 13.8 Å². The van der Waals surface area contributed by atoms with E-state index in [4.69, 9.17) is 9.47 Å². The average Bonchev–Trinajstić information content (AvgIpc) is 2.71. The summed E-state index contributed by atoms with van der Waals surface area (Å²) in [5, 5.41) is 2.12. The molecule has 0 aliphatic heterocycles. The molecule has 0 fully saturated rings. The van der Waals surface area contributed by atoms with Crippen LogP contribution >= 0.6 is 0 Å². The van der Waals surface area contributed by atoms with Gasteiger partial charge in [-0.05, 0) is 60.0 Å². The number of amides is 2. The van der Waals surface area contributed by atoms with Crippen LogP contribution in [0.25, 0.3) is 10.8 Å². The van der Waals surface area contributed by atoms with Crippen molar-refractivity contribution in [2.45, 2.75) is 13.8 Å². The smallest absolute Gasteiger partial charge is 0.276 e. The lowest BCUT2D eigenvalue weighted by Crippen LogP contribution is -2.45. The monoisotopic (exact) mass is 378 g/mol. The SMILES string of the molecule is Cc1ccc(OCC(=O)NNC(=O)COc2ccc3ccccc3c2)cc1C. The fourth-order valence-corrected chi connectivity index (χ4v) is 2.57. The predicted molar refractivity (Wildman–Crippen MR) is 107 cm³/mol. The van der Waals surface area contributed by atoms with Gasteiger partial charge in [0.15, 0.2) is 13.2 Å². The van der Waals surface area contributed by atoms with E-state index in [0.29, 0.717) is 11.5 Å². The molecule has 28 heavy (non-hydrogen) atoms. The lowest BCUT2D eigenvalue weighted by Gasteiger charge is -2.11. The Hall–Kier alpha value is -3.54. The molecule has 144 valence electrons. The maximum absolute atomic E-state index is 11.8. The Morgan fingerprint density at radius 3 is 1.93 bits per heavy atom. The van der Waals surface area contributed by atoms with Crippen molar-refractivity contribution in [3.8, 4) is 11.5 Å². The minimum absolute atomic E-state index is 0.200. The summed E-state index contributed by atoms with van der Waals surface area (Å²) < 4.78 is 10.9. The van der Waals surface area contributed by atoms with Crippen LogP contribution in [0.2, 0.25) is 0 Å². The molecule has 0 saturated heterocycles. The molecule has 0 spiro atoms. The van der Waals surface area contributed by atoms with E-state index in [2.05, 4.69) is 10.9 Å². The summed E-state index contributed by atoms with van der Waals surface area (Å²) in [4.78, 5) is 23.7. The first kappa shape index (κ1) is 19.2. The number of nitrogens with one attached hydrogen (secondary N) is 2. The van der Waals surface area contributed by atoms with Gasteiger partial charge < -0.3 is 9.47 Å². The van der Waals surface area contributed by atoms with E-state index in [1.165, 1.54) is 0 Å². The van der Waals surface area contributed by atoms with Crippen molar-refractivity contribution in [1.82, 2.24) is 10.9 Å². The quantitative estimate of drug-likeness (QED) is 0.647. The Kier molecular flexibility index (Phi) is 6.11. The molecule has 3 aromatic carbocycles. The van der Waals surface area contributed by atoms with Crippen LogP contribution in [0.3, 0.4) is 0 Å². The van der Waals surface area contributed by atoms with Gasteiger partial charge >= 0.3 is 0 Å². The number of hydrogen-bond donors (Lipinski definition) is 2. The molecular formula is C22H22N2O4. The summed E-state index contributed by atoms with van der Waals surface area (Å²) in [5.74, 6) is 0.257. The summed E-state index contributed by atoms with van der Waals surface area (Å²) >= 11 is 0. The van der Waals surface area contributed by atoms with Crippen molar-refractivity contribution in [1.29, 1.82) is 0 Å². The van der Waals surface area contributed by atoms with E-state index in [0.717, 1.165) is 21.9 Å². The van der Waals surface area contributed by atoms with Gasteiger partial charge in [0.05, 0.1) is 0 Å². The standard InChI is InChI=1S/C22H22N2O4/c1-15-7-9-19(11-16(15)2)27-13-21(25)23-24-22(26)14-28-20-10-8-17-5-3-4-6-18(17)12-20/h3-12H,13-14H2,1-2H3,(H,23,25)(H,24,26). The zero-order chi connectivity index (χ0) is 19.9. The normalized spacial score (nSPS) is 10.4. The number of carbonyl (C=O) groups excluding carboxylic acids is 2. The minimum Gasteiger partial charge on any atom is -0.484 e. The second-order valence-electron chi connectivity index (χ2n) is 6.43. The fraction of sp³-hybridized carbons (Fsp3) is 0.182. The molecule has 0 saturated carbocycles. The van der Waals surface area contributed by atoms with Gasteiger partial charge in [0.1, 0.15) is 11.5 Å². The molecular weight excluding hydrogens is 356 g/mol. The first-order valence-corrected chi connectivity index (χ1v) is 8.90. The summed E-state index contributed by atoms with van der Waals surface area (Å²) in [6.45, 7) is 3.56. The van der Waals surface area contributed by atoms with Crippen LogP contribution in [-0.4, -0.2) is 25.0 Å². The summed E-state index contributed by atoms with van der Waals surface area (Å²) in [6, 6.07) is 19.0. The Balaban J connectivity index is 1.40. The molecule has 0 heterocycles. The maximum Gasteiger partial charge on any atom is 0.276 e. The van der Waals surface area contributed by atoms with Gasteiger partial charge in [0, 0.05) is 0 Å². The van der Waals surface area contributed by atoms with Crippen LogP contribution in [0.15, 0.2) is 60.7 Å². The van der Waals surface area contributed by atoms with Crippen LogP contribution in [0.5, 0.6) is 11.5 Å². The van der Waals surface area contributed by atoms with Crippen molar-refractivity contribution < 1.29 is 19.1 Å². The van der Waals surface area contributed by atoms with Gasteiger partial charge in [0.2, 0.25) is 0 Å². The highest BCUT2D eigenvalue weighted by molar-refractivity contribution is 5.85. The van der Waals surface area contributed by atoms with Crippen LogP contribution < -0.4 is 20.3 Å². The molecule has 0 aromatic heterocycles. The van der Waals surface area contributed by atoms with Crippen molar-refractivity contribution in [2.24, 2.45) is 0 Å². The van der Waals surface area contributed by atoms with Crippen LogP contribution in [0.4, 0.5) is 0 Å². The summed E-state index contributed by atoms with van der Waals surface area (Å²) in [5.41, 5.74) is 6.83. The number of carbonyl (C=O) groups is 2. The zero-order valence-corrected chi connectivity index (χ0v) is 15.8. The predicted octanol–water partition coefficient (Wildman–Crippen LogP) is 3.06. The van der Waals surface area contributed by atoms with Gasteiger partial charge in [-0.15, -0.1) is 0 Å². The van der Waals surface area contributed by atoms with E-state index < -0.39 is 11.8 Å². The summed E-state index contributed by atoms with van der Waals surface area (Å²) in [6.07, 6.45) is 0.